The SMILES string of the molecule is CC(=N)/C(C(=O)O)=C1/NC(=O)C=C(C2CCNCC2)N1. The van der Waals surface area contributed by atoms with E-state index in [1.807, 2.05) is 0 Å². The normalized spacial score (nSPS) is 22.4. The molecule has 1 fully saturated rings. The first-order valence-corrected chi connectivity index (χ1v) is 6.52. The number of carboxylic acids is 1. The number of hydrogen-bond donors (Lipinski definition) is 5. The smallest absolute Gasteiger partial charge is 0.341 e. The second kappa shape index (κ2) is 5.87. The van der Waals surface area contributed by atoms with Crippen LogP contribution in [-0.4, -0.2) is 35.8 Å². The number of hydrogen-bond acceptors (Lipinski definition) is 5. The molecule has 1 amide bonds. The zero-order valence-corrected chi connectivity index (χ0v) is 11.2. The van der Waals surface area contributed by atoms with Crippen molar-refractivity contribution in [3.63, 3.8) is 0 Å². The van der Waals surface area contributed by atoms with Crippen LogP contribution in [0.5, 0.6) is 0 Å². The van der Waals surface area contributed by atoms with Crippen molar-refractivity contribution in [3.05, 3.63) is 23.2 Å². The van der Waals surface area contributed by atoms with Gasteiger partial charge < -0.3 is 26.5 Å². The maximum atomic E-state index is 11.7. The van der Waals surface area contributed by atoms with Gasteiger partial charge in [0.05, 0.1) is 0 Å². The van der Waals surface area contributed by atoms with Crippen LogP contribution in [0.3, 0.4) is 0 Å². The van der Waals surface area contributed by atoms with E-state index in [4.69, 9.17) is 10.5 Å². The van der Waals surface area contributed by atoms with Crippen LogP contribution in [0.1, 0.15) is 19.8 Å². The Morgan fingerprint density at radius 3 is 2.55 bits per heavy atom. The molecule has 5 N–H and O–H groups in total. The van der Waals surface area contributed by atoms with Crippen molar-refractivity contribution in [1.29, 1.82) is 5.41 Å². The zero-order valence-electron chi connectivity index (χ0n) is 11.2. The molecule has 0 radical (unpaired) electrons. The zero-order chi connectivity index (χ0) is 14.7. The van der Waals surface area contributed by atoms with Gasteiger partial charge in [0.15, 0.2) is 0 Å². The fourth-order valence-corrected chi connectivity index (χ4v) is 2.44. The van der Waals surface area contributed by atoms with Crippen LogP contribution >= 0.6 is 0 Å². The average Bonchev–Trinajstić information content (AvgIpc) is 2.38. The highest BCUT2D eigenvalue weighted by Gasteiger charge is 2.26. The molecule has 0 aromatic rings. The largest absolute Gasteiger partial charge is 0.477 e. The summed E-state index contributed by atoms with van der Waals surface area (Å²) in [5.74, 6) is -1.29. The lowest BCUT2D eigenvalue weighted by Crippen LogP contribution is -2.42. The molecule has 2 aliphatic heterocycles. The summed E-state index contributed by atoms with van der Waals surface area (Å²) in [6.07, 6.45) is 3.26. The van der Waals surface area contributed by atoms with Crippen LogP contribution in [0.4, 0.5) is 0 Å². The van der Waals surface area contributed by atoms with Gasteiger partial charge in [-0.3, -0.25) is 4.79 Å². The summed E-state index contributed by atoms with van der Waals surface area (Å²) in [5.41, 5.74) is 0.412. The highest BCUT2D eigenvalue weighted by molar-refractivity contribution is 6.18. The molecule has 7 heteroatoms. The Balaban J connectivity index is 2.29. The molecule has 0 unspecified atom stereocenters. The minimum Gasteiger partial charge on any atom is -0.477 e. The van der Waals surface area contributed by atoms with Gasteiger partial charge in [0, 0.05) is 23.4 Å². The molecule has 0 aromatic heterocycles. The van der Waals surface area contributed by atoms with Crippen molar-refractivity contribution in [3.8, 4) is 0 Å². The minimum absolute atomic E-state index is 0.0889. The standard InChI is InChI=1S/C13H18N4O3/c1-7(14)11(13(19)20)12-16-9(6-10(18)17-12)8-2-4-15-5-3-8/h6,8,14-16H,2-5H2,1H3,(H,17,18)(H,19,20)/b12-11-,14-7?. The van der Waals surface area contributed by atoms with Crippen LogP contribution in [0.25, 0.3) is 0 Å². The summed E-state index contributed by atoms with van der Waals surface area (Å²) < 4.78 is 0. The van der Waals surface area contributed by atoms with Gasteiger partial charge in [0.2, 0.25) is 0 Å². The van der Waals surface area contributed by atoms with Crippen molar-refractivity contribution in [2.45, 2.75) is 19.8 Å². The van der Waals surface area contributed by atoms with E-state index in [1.54, 1.807) is 0 Å². The molecule has 2 heterocycles. The summed E-state index contributed by atoms with van der Waals surface area (Å²) in [5, 5.41) is 25.4. The Morgan fingerprint density at radius 1 is 1.35 bits per heavy atom. The van der Waals surface area contributed by atoms with E-state index in [0.717, 1.165) is 31.6 Å². The second-order valence-electron chi connectivity index (χ2n) is 4.92. The number of piperidine rings is 1. The van der Waals surface area contributed by atoms with Gasteiger partial charge in [0.25, 0.3) is 5.91 Å². The van der Waals surface area contributed by atoms with Gasteiger partial charge in [-0.1, -0.05) is 0 Å². The molecule has 20 heavy (non-hydrogen) atoms. The second-order valence-corrected chi connectivity index (χ2v) is 4.92. The Morgan fingerprint density at radius 2 is 2.00 bits per heavy atom. The minimum atomic E-state index is -1.23. The molecule has 2 aliphatic rings. The van der Waals surface area contributed by atoms with Crippen LogP contribution < -0.4 is 16.0 Å². The van der Waals surface area contributed by atoms with E-state index in [0.29, 0.717) is 0 Å². The van der Waals surface area contributed by atoms with Gasteiger partial charge in [-0.05, 0) is 32.9 Å². The first kappa shape index (κ1) is 14.3. The van der Waals surface area contributed by atoms with Crippen LogP contribution in [0.2, 0.25) is 0 Å². The lowest BCUT2D eigenvalue weighted by atomic mass is 9.93. The number of nitrogens with one attached hydrogen (secondary N) is 4. The average molecular weight is 278 g/mol. The van der Waals surface area contributed by atoms with Crippen molar-refractivity contribution in [2.24, 2.45) is 5.92 Å². The van der Waals surface area contributed by atoms with E-state index >= 15 is 0 Å². The summed E-state index contributed by atoms with van der Waals surface area (Å²) in [6, 6.07) is 0. The number of allylic oxidation sites excluding steroid dienone is 1. The molecule has 108 valence electrons. The number of carbonyl (C=O) groups excluding carboxylic acids is 1. The van der Waals surface area contributed by atoms with E-state index in [-0.39, 0.29) is 28.9 Å². The quantitative estimate of drug-likeness (QED) is 0.366. The Labute approximate surface area is 116 Å². The Kier molecular flexibility index (Phi) is 4.19. The van der Waals surface area contributed by atoms with Crippen LogP contribution in [0, 0.1) is 11.3 Å². The summed E-state index contributed by atoms with van der Waals surface area (Å²) >= 11 is 0. The molecule has 0 aromatic carbocycles. The molecule has 0 atom stereocenters. The lowest BCUT2D eigenvalue weighted by Gasteiger charge is -2.29. The van der Waals surface area contributed by atoms with Crippen molar-refractivity contribution >= 4 is 17.6 Å². The van der Waals surface area contributed by atoms with Crippen LogP contribution in [-0.2, 0) is 9.59 Å². The van der Waals surface area contributed by atoms with E-state index in [9.17, 15) is 9.59 Å². The van der Waals surface area contributed by atoms with E-state index in [1.165, 1.54) is 13.0 Å². The predicted molar refractivity (Wildman–Crippen MR) is 73.0 cm³/mol. The molecule has 0 aliphatic carbocycles. The number of aliphatic carboxylic acids is 1. The topological polar surface area (TPSA) is 114 Å². The first-order valence-electron chi connectivity index (χ1n) is 6.52. The number of carbonyl (C=O) groups is 2. The van der Waals surface area contributed by atoms with Crippen molar-refractivity contribution in [1.82, 2.24) is 16.0 Å². The van der Waals surface area contributed by atoms with Gasteiger partial charge in [-0.15, -0.1) is 0 Å². The monoisotopic (exact) mass is 278 g/mol. The molecular formula is C13H18N4O3. The lowest BCUT2D eigenvalue weighted by molar-refractivity contribution is -0.132. The first-order chi connectivity index (χ1) is 9.49. The number of amides is 1. The van der Waals surface area contributed by atoms with Gasteiger partial charge >= 0.3 is 5.97 Å². The summed E-state index contributed by atoms with van der Waals surface area (Å²) in [6.45, 7) is 3.13. The third-order valence-electron chi connectivity index (χ3n) is 3.42. The molecule has 0 saturated carbocycles. The maximum absolute atomic E-state index is 11.7. The third-order valence-corrected chi connectivity index (χ3v) is 3.42. The highest BCUT2D eigenvalue weighted by Crippen LogP contribution is 2.22. The molecule has 0 spiro atoms. The molecule has 2 rings (SSSR count). The van der Waals surface area contributed by atoms with Gasteiger partial charge in [-0.25, -0.2) is 4.79 Å². The van der Waals surface area contributed by atoms with Gasteiger partial charge in [-0.2, -0.15) is 0 Å². The Hall–Kier alpha value is -2.15. The van der Waals surface area contributed by atoms with Crippen LogP contribution in [0.15, 0.2) is 23.2 Å². The third kappa shape index (κ3) is 3.05. The molecule has 1 saturated heterocycles. The van der Waals surface area contributed by atoms with Crippen molar-refractivity contribution in [2.75, 3.05) is 13.1 Å². The van der Waals surface area contributed by atoms with E-state index in [2.05, 4.69) is 16.0 Å². The van der Waals surface area contributed by atoms with E-state index < -0.39 is 5.97 Å². The highest BCUT2D eigenvalue weighted by atomic mass is 16.4. The summed E-state index contributed by atoms with van der Waals surface area (Å²) in [7, 11) is 0. The predicted octanol–water partition coefficient (Wildman–Crippen LogP) is -0.0748. The Bertz CT molecular complexity index is 500. The molecular weight excluding hydrogens is 260 g/mol. The number of carboxylic acid groups (broad SMARTS) is 1. The summed E-state index contributed by atoms with van der Waals surface area (Å²) in [4.78, 5) is 22.9. The fraction of sp³-hybridized carbons (Fsp3) is 0.462. The fourth-order valence-electron chi connectivity index (χ4n) is 2.44. The maximum Gasteiger partial charge on any atom is 0.341 e. The number of rotatable bonds is 3. The molecule has 7 nitrogen and oxygen atoms in total. The van der Waals surface area contributed by atoms with Crippen molar-refractivity contribution < 1.29 is 14.7 Å². The molecule has 0 bridgehead atoms. The van der Waals surface area contributed by atoms with Gasteiger partial charge in [0.1, 0.15) is 11.4 Å².